The molecule has 0 radical (unpaired) electrons. The standard InChI is InChI=1S/C16H36N.B/c1-5-9-13-17(14-10-6-2,15-11-7-3)16-12-8-4;/h5-16H2,1-4H3;/q+1;+3. The maximum absolute atomic E-state index is 2.33. The molecule has 0 N–H and O–H groups in total. The Balaban J connectivity index is 0. The molecule has 0 aromatic heterocycles. The van der Waals surface area contributed by atoms with E-state index in [1.54, 1.807) is 0 Å². The SMILES string of the molecule is CCCC[N+](CCCC)(CCCC)CCCC.[B+3]. The van der Waals surface area contributed by atoms with Gasteiger partial charge in [-0.25, -0.2) is 0 Å². The molecule has 18 heavy (non-hydrogen) atoms. The van der Waals surface area contributed by atoms with Gasteiger partial charge in [-0.1, -0.05) is 53.4 Å². The Morgan fingerprint density at radius 3 is 0.889 bits per heavy atom. The van der Waals surface area contributed by atoms with Crippen LogP contribution in [0.25, 0.3) is 0 Å². The second-order valence-electron chi connectivity index (χ2n) is 5.65. The Hall–Kier alpha value is 0.0249. The van der Waals surface area contributed by atoms with Gasteiger partial charge in [-0.2, -0.15) is 0 Å². The van der Waals surface area contributed by atoms with Crippen LogP contribution >= 0.6 is 0 Å². The number of rotatable bonds is 12. The van der Waals surface area contributed by atoms with Crippen molar-refractivity contribution in [1.82, 2.24) is 0 Å². The first kappa shape index (κ1) is 20.3. The van der Waals surface area contributed by atoms with E-state index in [0.717, 1.165) is 0 Å². The van der Waals surface area contributed by atoms with Crippen molar-refractivity contribution in [2.75, 3.05) is 26.2 Å². The van der Waals surface area contributed by atoms with E-state index in [2.05, 4.69) is 27.7 Å². The van der Waals surface area contributed by atoms with Gasteiger partial charge < -0.3 is 4.48 Å². The topological polar surface area (TPSA) is 0 Å². The molecule has 0 rings (SSSR count). The van der Waals surface area contributed by atoms with Crippen molar-refractivity contribution in [2.24, 2.45) is 0 Å². The summed E-state index contributed by atoms with van der Waals surface area (Å²) >= 11 is 0. The summed E-state index contributed by atoms with van der Waals surface area (Å²) in [4.78, 5) is 0. The molecule has 0 aliphatic heterocycles. The number of hydrogen-bond donors (Lipinski definition) is 0. The van der Waals surface area contributed by atoms with Crippen molar-refractivity contribution in [3.8, 4) is 0 Å². The second-order valence-corrected chi connectivity index (χ2v) is 5.65. The Kier molecular flexibility index (Phi) is 15.2. The van der Waals surface area contributed by atoms with Gasteiger partial charge in [0, 0.05) is 0 Å². The number of hydrogen-bond acceptors (Lipinski definition) is 0. The van der Waals surface area contributed by atoms with E-state index in [0.29, 0.717) is 0 Å². The average molecular weight is 253 g/mol. The minimum atomic E-state index is 0. The first-order chi connectivity index (χ1) is 8.24. The smallest absolute Gasteiger partial charge is 0.324 e. The molecule has 0 spiro atoms. The van der Waals surface area contributed by atoms with Crippen LogP contribution in [0.15, 0.2) is 0 Å². The van der Waals surface area contributed by atoms with E-state index in [1.165, 1.54) is 82.0 Å². The molecule has 2 heteroatoms. The molecule has 0 aliphatic rings. The van der Waals surface area contributed by atoms with Crippen molar-refractivity contribution < 1.29 is 4.48 Å². The fourth-order valence-electron chi connectivity index (χ4n) is 2.64. The van der Waals surface area contributed by atoms with E-state index in [-0.39, 0.29) is 8.41 Å². The third-order valence-electron chi connectivity index (χ3n) is 3.94. The van der Waals surface area contributed by atoms with Crippen LogP contribution in [0.5, 0.6) is 0 Å². The van der Waals surface area contributed by atoms with Gasteiger partial charge in [0.25, 0.3) is 0 Å². The van der Waals surface area contributed by atoms with Crippen molar-refractivity contribution in [3.63, 3.8) is 0 Å². The fourth-order valence-corrected chi connectivity index (χ4v) is 2.64. The van der Waals surface area contributed by atoms with Crippen LogP contribution in [0, 0.1) is 0 Å². The third kappa shape index (κ3) is 9.02. The van der Waals surface area contributed by atoms with E-state index in [4.69, 9.17) is 0 Å². The Bertz CT molecular complexity index is 122. The van der Waals surface area contributed by atoms with Crippen LogP contribution in [0.1, 0.15) is 79.1 Å². The minimum Gasteiger partial charge on any atom is -0.324 e. The summed E-state index contributed by atoms with van der Waals surface area (Å²) < 4.78 is 1.42. The van der Waals surface area contributed by atoms with Crippen molar-refractivity contribution in [1.29, 1.82) is 0 Å². The number of unbranched alkanes of at least 4 members (excludes halogenated alkanes) is 4. The van der Waals surface area contributed by atoms with E-state index in [9.17, 15) is 0 Å². The van der Waals surface area contributed by atoms with Gasteiger partial charge in [0.05, 0.1) is 26.2 Å². The van der Waals surface area contributed by atoms with Crippen LogP contribution in [0.4, 0.5) is 0 Å². The Morgan fingerprint density at radius 1 is 0.500 bits per heavy atom. The second kappa shape index (κ2) is 13.5. The van der Waals surface area contributed by atoms with Gasteiger partial charge in [0.2, 0.25) is 0 Å². The van der Waals surface area contributed by atoms with Crippen LogP contribution < -0.4 is 0 Å². The summed E-state index contributed by atoms with van der Waals surface area (Å²) in [7, 11) is 0. The summed E-state index contributed by atoms with van der Waals surface area (Å²) in [6, 6.07) is 0. The molecule has 0 aromatic carbocycles. The Labute approximate surface area is 119 Å². The summed E-state index contributed by atoms with van der Waals surface area (Å²) in [6.45, 7) is 15.0. The zero-order chi connectivity index (χ0) is 13.0. The van der Waals surface area contributed by atoms with Gasteiger partial charge in [-0.05, 0) is 25.7 Å². The largest absolute Gasteiger partial charge is 3.00 e. The fraction of sp³-hybridized carbons (Fsp3) is 1.00. The van der Waals surface area contributed by atoms with E-state index >= 15 is 0 Å². The maximum atomic E-state index is 2.33. The van der Waals surface area contributed by atoms with Gasteiger partial charge in [-0.15, -0.1) is 0 Å². The molecule has 0 heterocycles. The van der Waals surface area contributed by atoms with Crippen LogP contribution in [-0.2, 0) is 0 Å². The molecule has 0 aliphatic carbocycles. The first-order valence-electron chi connectivity index (χ1n) is 8.09. The molecule has 0 saturated heterocycles. The van der Waals surface area contributed by atoms with Crippen LogP contribution in [0.2, 0.25) is 0 Å². The van der Waals surface area contributed by atoms with Gasteiger partial charge >= 0.3 is 8.41 Å². The van der Waals surface area contributed by atoms with Crippen LogP contribution in [0.3, 0.4) is 0 Å². The molecular weight excluding hydrogens is 217 g/mol. The van der Waals surface area contributed by atoms with Crippen molar-refractivity contribution in [3.05, 3.63) is 0 Å². The predicted molar refractivity (Wildman–Crippen MR) is 85.1 cm³/mol. The summed E-state index contributed by atoms with van der Waals surface area (Å²) in [5.41, 5.74) is 0. The normalized spacial score (nSPS) is 11.3. The molecule has 104 valence electrons. The number of nitrogens with zero attached hydrogens (tertiary/aromatic N) is 1. The van der Waals surface area contributed by atoms with Crippen molar-refractivity contribution >= 4 is 8.41 Å². The average Bonchev–Trinajstić information content (AvgIpc) is 2.37. The maximum Gasteiger partial charge on any atom is 3.00 e. The quantitative estimate of drug-likeness (QED) is 0.351. The van der Waals surface area contributed by atoms with Gasteiger partial charge in [0.15, 0.2) is 0 Å². The predicted octanol–water partition coefficient (Wildman–Crippen LogP) is 4.62. The zero-order valence-corrected chi connectivity index (χ0v) is 13.5. The third-order valence-corrected chi connectivity index (χ3v) is 3.94. The van der Waals surface area contributed by atoms with Crippen molar-refractivity contribution in [2.45, 2.75) is 79.1 Å². The summed E-state index contributed by atoms with van der Waals surface area (Å²) in [5, 5.41) is 0. The van der Waals surface area contributed by atoms with E-state index in [1.807, 2.05) is 0 Å². The molecule has 0 unspecified atom stereocenters. The summed E-state index contributed by atoms with van der Waals surface area (Å²) in [5.74, 6) is 0. The molecule has 0 aromatic rings. The molecule has 0 amide bonds. The summed E-state index contributed by atoms with van der Waals surface area (Å²) in [6.07, 6.45) is 11.1. The molecule has 0 bridgehead atoms. The Morgan fingerprint density at radius 2 is 0.722 bits per heavy atom. The first-order valence-corrected chi connectivity index (χ1v) is 8.09. The monoisotopic (exact) mass is 253 g/mol. The molecule has 1 nitrogen and oxygen atoms in total. The molecule has 0 atom stereocenters. The molecular formula is C16H36BN+4. The van der Waals surface area contributed by atoms with E-state index < -0.39 is 0 Å². The van der Waals surface area contributed by atoms with Gasteiger partial charge in [0.1, 0.15) is 0 Å². The molecule has 0 fully saturated rings. The van der Waals surface area contributed by atoms with Gasteiger partial charge in [-0.3, -0.25) is 0 Å². The number of quaternary nitrogens is 1. The minimum absolute atomic E-state index is 0. The zero-order valence-electron chi connectivity index (χ0n) is 13.5. The molecule has 0 saturated carbocycles. The van der Waals surface area contributed by atoms with Crippen LogP contribution in [-0.4, -0.2) is 39.1 Å².